The van der Waals surface area contributed by atoms with Crippen molar-refractivity contribution in [3.8, 4) is 6.07 Å². The molecular weight excluding hydrogens is 344 g/mol. The predicted molar refractivity (Wildman–Crippen MR) is 96.5 cm³/mol. The van der Waals surface area contributed by atoms with Crippen molar-refractivity contribution in [3.05, 3.63) is 35.4 Å². The topological polar surface area (TPSA) is 91.0 Å². The van der Waals surface area contributed by atoms with Crippen molar-refractivity contribution in [1.29, 1.82) is 10.7 Å². The normalized spacial score (nSPS) is 16.0. The maximum absolute atomic E-state index is 12.0. The van der Waals surface area contributed by atoms with Gasteiger partial charge in [0, 0.05) is 5.71 Å². The average Bonchev–Trinajstić information content (AvgIpc) is 2.61. The Bertz CT molecular complexity index is 661. The van der Waals surface area contributed by atoms with Crippen LogP contribution in [0.3, 0.4) is 0 Å². The Balaban J connectivity index is 1.92. The summed E-state index contributed by atoms with van der Waals surface area (Å²) < 4.78 is 5.36. The number of ketones is 1. The van der Waals surface area contributed by atoms with Crippen LogP contribution in [0.15, 0.2) is 24.3 Å². The number of nitriles is 1. The van der Waals surface area contributed by atoms with E-state index in [4.69, 9.17) is 15.4 Å². The molecule has 1 aromatic carbocycles. The Morgan fingerprint density at radius 2 is 1.96 bits per heavy atom. The lowest BCUT2D eigenvalue weighted by Gasteiger charge is -2.21. The largest absolute Gasteiger partial charge is 0.454 e. The van der Waals surface area contributed by atoms with Gasteiger partial charge in [0.15, 0.2) is 12.4 Å². The molecule has 1 saturated heterocycles. The Morgan fingerprint density at radius 3 is 2.50 bits per heavy atom. The van der Waals surface area contributed by atoms with E-state index in [1.807, 2.05) is 35.7 Å². The quantitative estimate of drug-likeness (QED) is 0.615. The first-order valence-corrected chi connectivity index (χ1v) is 9.60. The fourth-order valence-corrected chi connectivity index (χ4v) is 5.06. The van der Waals surface area contributed by atoms with Crippen LogP contribution in [0.5, 0.6) is 0 Å². The number of hydrogen-bond acceptors (Lipinski definition) is 7. The molecule has 2 rings (SSSR count). The van der Waals surface area contributed by atoms with Crippen LogP contribution in [0, 0.1) is 22.7 Å². The van der Waals surface area contributed by atoms with Gasteiger partial charge in [0.2, 0.25) is 0 Å². The van der Waals surface area contributed by atoms with E-state index in [0.717, 1.165) is 11.5 Å². The van der Waals surface area contributed by atoms with Gasteiger partial charge in [-0.1, -0.05) is 12.1 Å². The minimum absolute atomic E-state index is 0.0506. The summed E-state index contributed by atoms with van der Waals surface area (Å²) >= 11 is 3.81. The molecule has 1 aliphatic rings. The van der Waals surface area contributed by atoms with Gasteiger partial charge in [-0.3, -0.25) is 4.79 Å². The third-order valence-corrected chi connectivity index (χ3v) is 6.49. The molecule has 0 amide bonds. The SMILES string of the molecule is CC(=N)C(C#N)C(=O)COC(=O)c1ccc(C2SCCCS2)cc1. The van der Waals surface area contributed by atoms with Crippen LogP contribution in [-0.2, 0) is 9.53 Å². The Kier molecular flexibility index (Phi) is 6.88. The summed E-state index contributed by atoms with van der Waals surface area (Å²) in [6.45, 7) is 0.886. The van der Waals surface area contributed by atoms with Crippen LogP contribution in [-0.4, -0.2) is 35.6 Å². The van der Waals surface area contributed by atoms with Gasteiger partial charge in [0.25, 0.3) is 0 Å². The molecule has 0 aromatic heterocycles. The zero-order valence-electron chi connectivity index (χ0n) is 13.3. The third kappa shape index (κ3) is 4.86. The van der Waals surface area contributed by atoms with E-state index in [1.165, 1.54) is 18.9 Å². The molecule has 126 valence electrons. The third-order valence-electron chi connectivity index (χ3n) is 3.48. The number of thioether (sulfide) groups is 2. The maximum atomic E-state index is 12.0. The van der Waals surface area contributed by atoms with Gasteiger partial charge in [0.05, 0.1) is 16.2 Å². The fraction of sp³-hybridized carbons (Fsp3) is 0.412. The van der Waals surface area contributed by atoms with Crippen LogP contribution >= 0.6 is 23.5 Å². The lowest BCUT2D eigenvalue weighted by Crippen LogP contribution is -2.25. The molecule has 1 atom stereocenters. The molecule has 1 aliphatic heterocycles. The zero-order chi connectivity index (χ0) is 17.5. The van der Waals surface area contributed by atoms with Gasteiger partial charge >= 0.3 is 5.97 Å². The number of carbonyl (C=O) groups is 2. The van der Waals surface area contributed by atoms with Crippen molar-refractivity contribution in [2.24, 2.45) is 5.92 Å². The standard InChI is InChI=1S/C17H18N2O3S2/c1-11(19)14(9-18)15(20)10-22-16(21)12-3-5-13(6-4-12)17-23-7-2-8-24-17/h3-6,14,17,19H,2,7-8,10H2,1H3. The van der Waals surface area contributed by atoms with Gasteiger partial charge in [-0.25, -0.2) is 4.79 Å². The number of esters is 1. The van der Waals surface area contributed by atoms with Crippen LogP contribution in [0.1, 0.15) is 33.8 Å². The van der Waals surface area contributed by atoms with Gasteiger partial charge in [0.1, 0.15) is 5.92 Å². The molecule has 1 fully saturated rings. The highest BCUT2D eigenvalue weighted by Crippen LogP contribution is 2.43. The first kappa shape index (κ1) is 18.6. The molecule has 1 N–H and O–H groups in total. The second-order valence-corrected chi connectivity index (χ2v) is 8.06. The minimum Gasteiger partial charge on any atom is -0.454 e. The van der Waals surface area contributed by atoms with Crippen molar-refractivity contribution in [2.75, 3.05) is 18.1 Å². The fourth-order valence-electron chi connectivity index (χ4n) is 2.17. The zero-order valence-corrected chi connectivity index (χ0v) is 14.9. The number of ether oxygens (including phenoxy) is 1. The van der Waals surface area contributed by atoms with E-state index in [1.54, 1.807) is 18.2 Å². The summed E-state index contributed by atoms with van der Waals surface area (Å²) in [6.07, 6.45) is 1.23. The van der Waals surface area contributed by atoms with Crippen molar-refractivity contribution < 1.29 is 14.3 Å². The number of hydrogen-bond donors (Lipinski definition) is 1. The lowest BCUT2D eigenvalue weighted by molar-refractivity contribution is -0.122. The number of rotatable bonds is 6. The molecule has 7 heteroatoms. The molecule has 1 unspecified atom stereocenters. The van der Waals surface area contributed by atoms with E-state index >= 15 is 0 Å². The molecular formula is C17H18N2O3S2. The van der Waals surface area contributed by atoms with E-state index in [0.29, 0.717) is 10.1 Å². The summed E-state index contributed by atoms with van der Waals surface area (Å²) in [5.74, 6) is -0.0322. The summed E-state index contributed by atoms with van der Waals surface area (Å²) in [5, 5.41) is 16.2. The van der Waals surface area contributed by atoms with Crippen molar-refractivity contribution in [1.82, 2.24) is 0 Å². The van der Waals surface area contributed by atoms with Gasteiger partial charge in [-0.05, 0) is 42.5 Å². The molecule has 24 heavy (non-hydrogen) atoms. The second-order valence-electron chi connectivity index (χ2n) is 5.34. The number of Topliss-reactive ketones (excluding diaryl/α,β-unsaturated/α-hetero) is 1. The molecule has 0 saturated carbocycles. The summed E-state index contributed by atoms with van der Waals surface area (Å²) in [5.41, 5.74) is 1.49. The molecule has 0 aliphatic carbocycles. The first-order valence-electron chi connectivity index (χ1n) is 7.50. The van der Waals surface area contributed by atoms with Crippen molar-refractivity contribution in [2.45, 2.75) is 17.9 Å². The highest BCUT2D eigenvalue weighted by Gasteiger charge is 2.22. The van der Waals surface area contributed by atoms with E-state index < -0.39 is 24.3 Å². The van der Waals surface area contributed by atoms with E-state index in [2.05, 4.69) is 0 Å². The summed E-state index contributed by atoms with van der Waals surface area (Å²) in [4.78, 5) is 23.8. The average molecular weight is 362 g/mol. The minimum atomic E-state index is -1.15. The van der Waals surface area contributed by atoms with E-state index in [9.17, 15) is 9.59 Å². The second kappa shape index (κ2) is 8.90. The predicted octanol–water partition coefficient (Wildman–Crippen LogP) is 3.46. The van der Waals surface area contributed by atoms with Gasteiger partial charge in [-0.2, -0.15) is 5.26 Å². The highest BCUT2D eigenvalue weighted by molar-refractivity contribution is 8.16. The smallest absolute Gasteiger partial charge is 0.338 e. The first-order chi connectivity index (χ1) is 11.5. The Morgan fingerprint density at radius 1 is 1.33 bits per heavy atom. The number of benzene rings is 1. The van der Waals surface area contributed by atoms with Crippen LogP contribution < -0.4 is 0 Å². The summed E-state index contributed by atoms with van der Waals surface area (Å²) in [7, 11) is 0. The molecule has 0 spiro atoms. The van der Waals surface area contributed by atoms with Crippen LogP contribution in [0.2, 0.25) is 0 Å². The number of nitrogens with zero attached hydrogens (tertiary/aromatic N) is 1. The van der Waals surface area contributed by atoms with Crippen molar-refractivity contribution in [3.63, 3.8) is 0 Å². The highest BCUT2D eigenvalue weighted by atomic mass is 32.2. The maximum Gasteiger partial charge on any atom is 0.338 e. The van der Waals surface area contributed by atoms with Crippen LogP contribution in [0.4, 0.5) is 0 Å². The number of nitrogens with one attached hydrogen (secondary N) is 1. The Hall–Kier alpha value is -1.78. The van der Waals surface area contributed by atoms with Crippen LogP contribution in [0.25, 0.3) is 0 Å². The van der Waals surface area contributed by atoms with Gasteiger partial charge in [-0.15, -0.1) is 23.5 Å². The molecule has 0 radical (unpaired) electrons. The monoisotopic (exact) mass is 362 g/mol. The summed E-state index contributed by atoms with van der Waals surface area (Å²) in [6, 6.07) is 8.95. The van der Waals surface area contributed by atoms with Gasteiger partial charge < -0.3 is 10.1 Å². The molecule has 5 nitrogen and oxygen atoms in total. The molecule has 1 heterocycles. The molecule has 0 bridgehead atoms. The molecule has 1 aromatic rings. The Labute approximate surface area is 149 Å². The van der Waals surface area contributed by atoms with Crippen molar-refractivity contribution >= 4 is 41.0 Å². The number of carbonyl (C=O) groups excluding carboxylic acids is 2. The van der Waals surface area contributed by atoms with E-state index in [-0.39, 0.29) is 5.71 Å². The lowest BCUT2D eigenvalue weighted by atomic mass is 10.0.